The van der Waals surface area contributed by atoms with Crippen LogP contribution < -0.4 is 0 Å². The van der Waals surface area contributed by atoms with E-state index in [1.807, 2.05) is 0 Å². The molecule has 0 spiro atoms. The van der Waals surface area contributed by atoms with Crippen molar-refractivity contribution in [3.05, 3.63) is 144 Å². The van der Waals surface area contributed by atoms with Crippen LogP contribution in [0.4, 0.5) is 0 Å². The Balaban J connectivity index is 1.37. The first-order valence-corrected chi connectivity index (χ1v) is 27.0. The Morgan fingerprint density at radius 1 is 0.403 bits per heavy atom. The smallest absolute Gasteiger partial charge is 0.302 e. The van der Waals surface area contributed by atoms with Gasteiger partial charge in [0.15, 0.2) is 0 Å². The Hall–Kier alpha value is -2.38. The lowest BCUT2D eigenvalue weighted by Crippen LogP contribution is -2.65. The third-order valence-electron chi connectivity index (χ3n) is 8.81. The number of phosphoric ester groups is 6. The molecule has 2 aliphatic heterocycles. The molecule has 4 aromatic carbocycles. The van der Waals surface area contributed by atoms with Crippen LogP contribution in [-0.2, 0) is 108 Å². The molecule has 4 N–H and O–H groups in total. The van der Waals surface area contributed by atoms with Crippen molar-refractivity contribution in [1.82, 2.24) is 0 Å². The predicted molar refractivity (Wildman–Crippen MR) is 211 cm³/mol. The fraction of sp³-hybridized carbons (Fsp3) is 0.294. The highest BCUT2D eigenvalue weighted by Gasteiger charge is 2.67. The van der Waals surface area contributed by atoms with Crippen molar-refractivity contribution in [2.75, 3.05) is 0 Å². The average molecular weight is 985 g/mol. The molecule has 3 aliphatic rings. The number of phosphoric acid groups is 6. The molecule has 1 saturated carbocycles. The van der Waals surface area contributed by atoms with Crippen molar-refractivity contribution in [1.29, 1.82) is 0 Å². The van der Waals surface area contributed by atoms with Crippen molar-refractivity contribution in [2.45, 2.75) is 63.1 Å². The van der Waals surface area contributed by atoms with E-state index < -0.39 is 110 Å². The Labute approximate surface area is 353 Å². The van der Waals surface area contributed by atoms with Gasteiger partial charge in [0.25, 0.3) is 0 Å². The molecule has 0 amide bonds. The molecular weight excluding hydrogens is 946 g/mol. The maximum atomic E-state index is 15.0. The maximum absolute atomic E-state index is 15.0. The van der Waals surface area contributed by atoms with Crippen LogP contribution in [0.3, 0.4) is 0 Å². The minimum Gasteiger partial charge on any atom is -0.302 e. The van der Waals surface area contributed by atoms with Gasteiger partial charge in [-0.15, -0.1) is 0 Å². The number of rotatable bonds is 16. The van der Waals surface area contributed by atoms with Gasteiger partial charge in [-0.1, -0.05) is 121 Å². The summed E-state index contributed by atoms with van der Waals surface area (Å²) in [6.07, 6.45) is -14.9. The summed E-state index contributed by atoms with van der Waals surface area (Å²) in [6.45, 7) is -1.99. The SMILES string of the molecule is O=P1(O)OC2C3OP(=O)(O)OP(=O)(O)OC3C(OP(=O)(OCc3ccccc3)OCc3ccccc3)C(OP(=O)(OCc3ccccc3)OCc3ccccc3)C2OP(=O)(O)O1. The lowest BCUT2D eigenvalue weighted by Gasteiger charge is -2.47. The van der Waals surface area contributed by atoms with E-state index in [0.717, 1.165) is 0 Å². The van der Waals surface area contributed by atoms with E-state index in [0.29, 0.717) is 22.3 Å². The van der Waals surface area contributed by atoms with Crippen LogP contribution in [0.25, 0.3) is 0 Å². The van der Waals surface area contributed by atoms with Gasteiger partial charge in [-0.05, 0) is 22.3 Å². The van der Waals surface area contributed by atoms with Crippen LogP contribution in [0.5, 0.6) is 0 Å². The molecule has 336 valence electrons. The van der Waals surface area contributed by atoms with Crippen LogP contribution in [0.1, 0.15) is 22.3 Å². The van der Waals surface area contributed by atoms with Crippen molar-refractivity contribution in [3.63, 3.8) is 0 Å². The zero-order chi connectivity index (χ0) is 44.2. The summed E-state index contributed by atoms with van der Waals surface area (Å²) in [7, 11) is -33.6. The first-order chi connectivity index (χ1) is 29.3. The van der Waals surface area contributed by atoms with Crippen LogP contribution in [-0.4, -0.2) is 56.2 Å². The van der Waals surface area contributed by atoms with Crippen molar-refractivity contribution in [2.24, 2.45) is 0 Å². The normalized spacial score (nSPS) is 32.8. The number of benzene rings is 4. The largest absolute Gasteiger partial charge is 0.481 e. The van der Waals surface area contributed by atoms with E-state index in [1.54, 1.807) is 121 Å². The van der Waals surface area contributed by atoms with Gasteiger partial charge >= 0.3 is 46.9 Å². The molecule has 0 aromatic heterocycles. The predicted octanol–water partition coefficient (Wildman–Crippen LogP) is 7.86. The van der Waals surface area contributed by atoms with Gasteiger partial charge in [0.1, 0.15) is 36.6 Å². The summed E-state index contributed by atoms with van der Waals surface area (Å²) in [6, 6.07) is 32.5. The van der Waals surface area contributed by atoms with Gasteiger partial charge in [-0.25, -0.2) is 27.4 Å². The summed E-state index contributed by atoms with van der Waals surface area (Å²) in [4.78, 5) is 42.5. The van der Waals surface area contributed by atoms with Crippen LogP contribution >= 0.6 is 46.9 Å². The summed E-state index contributed by atoms with van der Waals surface area (Å²) in [5.41, 5.74) is 1.68. The molecule has 2 heterocycles. The minimum absolute atomic E-state index is 0.420. The molecule has 10 atom stereocenters. The highest BCUT2D eigenvalue weighted by atomic mass is 31.3. The Bertz CT molecular complexity index is 2170. The number of hydrogen-bond acceptors (Lipinski definition) is 18. The molecule has 10 unspecified atom stereocenters. The summed E-state index contributed by atoms with van der Waals surface area (Å²) in [5.74, 6) is 0. The molecule has 2 saturated heterocycles. The third kappa shape index (κ3) is 12.9. The lowest BCUT2D eigenvalue weighted by molar-refractivity contribution is -0.194. The fourth-order valence-corrected chi connectivity index (χ4v) is 13.8. The zero-order valence-corrected chi connectivity index (χ0v) is 37.0. The summed E-state index contributed by atoms with van der Waals surface area (Å²) >= 11 is 0. The molecule has 7 rings (SSSR count). The second-order valence-electron chi connectivity index (χ2n) is 13.4. The van der Waals surface area contributed by atoms with E-state index in [-0.39, 0.29) is 0 Å². The van der Waals surface area contributed by atoms with Gasteiger partial charge in [0.05, 0.1) is 26.4 Å². The van der Waals surface area contributed by atoms with Crippen molar-refractivity contribution in [3.8, 4) is 0 Å². The van der Waals surface area contributed by atoms with Gasteiger partial charge in [-0.2, -0.15) is 8.62 Å². The monoisotopic (exact) mass is 984 g/mol. The Morgan fingerprint density at radius 3 is 0.871 bits per heavy atom. The standard InChI is InChI=1S/C34H38O22P6/c35-57(36)49-29-30-32(52-60(41,42)56-58(37,38)50-30)34(54-62(44,47-23-27-17-9-3-10-18-27)48-24-28-19-11-4-12-20-28)33(31(29)51-59(39,40)55-57)53-61(43,45-21-25-13-5-1-6-14-25)46-22-26-15-7-2-8-16-26/h1-20,29-34H,21-24H2,(H,35,36)(H,37,38)(H,39,40)(H,41,42). The highest BCUT2D eigenvalue weighted by molar-refractivity contribution is 7.62. The minimum atomic E-state index is -5.81. The Kier molecular flexibility index (Phi) is 15.0. The van der Waals surface area contributed by atoms with E-state index in [2.05, 4.69) is 8.62 Å². The molecule has 22 nitrogen and oxygen atoms in total. The first kappa shape index (κ1) is 47.6. The summed E-state index contributed by atoms with van der Waals surface area (Å²) in [5, 5.41) is 0. The van der Waals surface area contributed by atoms with E-state index in [4.69, 9.17) is 45.2 Å². The second-order valence-corrected chi connectivity index (χ2v) is 22.5. The molecule has 0 radical (unpaired) electrons. The van der Waals surface area contributed by atoms with E-state index in [1.165, 1.54) is 0 Å². The number of fused-ring (bicyclic) bond motifs is 3. The van der Waals surface area contributed by atoms with E-state index >= 15 is 0 Å². The average Bonchev–Trinajstić information content (AvgIpc) is 3.40. The number of hydrogen-bond donors (Lipinski definition) is 4. The molecule has 4 aromatic rings. The van der Waals surface area contributed by atoms with E-state index in [9.17, 15) is 47.0 Å². The van der Waals surface area contributed by atoms with Crippen LogP contribution in [0.2, 0.25) is 0 Å². The second kappa shape index (κ2) is 19.6. The zero-order valence-electron chi connectivity index (χ0n) is 31.7. The Morgan fingerprint density at radius 2 is 0.629 bits per heavy atom. The molecule has 0 bridgehead atoms. The molecule has 1 aliphatic carbocycles. The van der Waals surface area contributed by atoms with Gasteiger partial charge in [-0.3, -0.25) is 45.2 Å². The van der Waals surface area contributed by atoms with Crippen molar-refractivity contribution < 1.29 is 101 Å². The topological polar surface area (TPSA) is 294 Å². The quantitative estimate of drug-likeness (QED) is 0.0777. The summed E-state index contributed by atoms with van der Waals surface area (Å²) < 4.78 is 147. The van der Waals surface area contributed by atoms with Gasteiger partial charge in [0, 0.05) is 0 Å². The first-order valence-electron chi connectivity index (χ1n) is 18.1. The van der Waals surface area contributed by atoms with Gasteiger partial charge in [0.2, 0.25) is 0 Å². The molecule has 62 heavy (non-hydrogen) atoms. The molecular formula is C34H38O22P6. The fourth-order valence-electron chi connectivity index (χ4n) is 6.20. The maximum Gasteiger partial charge on any atom is 0.481 e. The van der Waals surface area contributed by atoms with Crippen molar-refractivity contribution >= 4 is 46.9 Å². The van der Waals surface area contributed by atoms with Gasteiger partial charge < -0.3 is 19.6 Å². The molecule has 28 heteroatoms. The third-order valence-corrected chi connectivity index (χ3v) is 16.9. The van der Waals surface area contributed by atoms with Crippen LogP contribution in [0, 0.1) is 0 Å². The lowest BCUT2D eigenvalue weighted by atomic mass is 9.85. The highest BCUT2D eigenvalue weighted by Crippen LogP contribution is 2.71. The molecule has 3 fully saturated rings. The van der Waals surface area contributed by atoms with Crippen LogP contribution in [0.15, 0.2) is 121 Å².